The third-order valence-corrected chi connectivity index (χ3v) is 4.56. The smallest absolute Gasteiger partial charge is 0.115 e. The van der Waals surface area contributed by atoms with E-state index in [-0.39, 0.29) is 18.4 Å². The lowest BCUT2D eigenvalue weighted by atomic mass is 9.87. The molecule has 1 aliphatic rings. The van der Waals surface area contributed by atoms with Gasteiger partial charge in [0.05, 0.1) is 18.3 Å². The van der Waals surface area contributed by atoms with Crippen molar-refractivity contribution in [2.45, 2.75) is 81.1 Å². The van der Waals surface area contributed by atoms with Crippen molar-refractivity contribution in [3.8, 4) is 0 Å². The molecule has 1 fully saturated rings. The van der Waals surface area contributed by atoms with Gasteiger partial charge in [-0.05, 0) is 32.3 Å². The van der Waals surface area contributed by atoms with E-state index in [1.165, 1.54) is 13.8 Å². The highest BCUT2D eigenvalue weighted by Gasteiger charge is 2.47. The number of hydrogen-bond donors (Lipinski definition) is 8. The van der Waals surface area contributed by atoms with Crippen molar-refractivity contribution in [1.82, 2.24) is 0 Å². The van der Waals surface area contributed by atoms with Crippen LogP contribution in [-0.2, 0) is 4.74 Å². The topological polar surface area (TPSA) is 171 Å². The minimum absolute atomic E-state index is 0.0841. The first-order valence-corrected chi connectivity index (χ1v) is 8.16. The number of rotatable bonds is 8. The second-order valence-corrected chi connectivity index (χ2v) is 7.10. The Morgan fingerprint density at radius 1 is 1.08 bits per heavy atom. The van der Waals surface area contributed by atoms with Gasteiger partial charge in [0.2, 0.25) is 0 Å². The summed E-state index contributed by atoms with van der Waals surface area (Å²) in [4.78, 5) is 0. The van der Waals surface area contributed by atoms with Crippen molar-refractivity contribution in [2.75, 3.05) is 6.61 Å². The van der Waals surface area contributed by atoms with Crippen LogP contribution in [0.15, 0.2) is 12.2 Å². The van der Waals surface area contributed by atoms with E-state index in [1.54, 1.807) is 0 Å². The fraction of sp³-hybridized carbons (Fsp3) is 0.875. The summed E-state index contributed by atoms with van der Waals surface area (Å²) in [5.41, 5.74) is -1.20. The molecule has 0 bridgehead atoms. The molecule has 0 aromatic rings. The molecule has 1 aliphatic heterocycles. The first kappa shape index (κ1) is 22.4. The summed E-state index contributed by atoms with van der Waals surface area (Å²) >= 11 is 0. The average molecular weight is 366 g/mol. The minimum atomic E-state index is -1.68. The molecule has 0 spiro atoms. The molecule has 0 amide bonds. The molecule has 9 nitrogen and oxygen atoms in total. The van der Waals surface area contributed by atoms with E-state index in [9.17, 15) is 35.7 Å². The second kappa shape index (κ2) is 8.85. The lowest BCUT2D eigenvalue weighted by Crippen LogP contribution is -2.63. The van der Waals surface area contributed by atoms with Crippen molar-refractivity contribution < 1.29 is 45.6 Å². The standard InChI is InChI=1S/C16H30O9/c1-7(4-5-9(18)16(2,3)24)10(19)13(22)15-14(23)12(21)11(20)8(6-17)25-15/h8-15,17-24H,1,4-6H2,2-3H3/t8-,9?,10?,11-,12+,13?,14-,15?/m1/s1. The summed E-state index contributed by atoms with van der Waals surface area (Å²) in [7, 11) is 0. The monoisotopic (exact) mass is 366 g/mol. The van der Waals surface area contributed by atoms with Crippen molar-refractivity contribution in [1.29, 1.82) is 0 Å². The Balaban J connectivity index is 2.70. The maximum atomic E-state index is 10.2. The average Bonchev–Trinajstić information content (AvgIpc) is 2.55. The summed E-state index contributed by atoms with van der Waals surface area (Å²) < 4.78 is 5.19. The van der Waals surface area contributed by atoms with Crippen molar-refractivity contribution in [3.05, 3.63) is 12.2 Å². The van der Waals surface area contributed by atoms with Crippen molar-refractivity contribution >= 4 is 0 Å². The molecule has 9 heteroatoms. The zero-order chi connectivity index (χ0) is 19.5. The number of hydrogen-bond acceptors (Lipinski definition) is 9. The summed E-state index contributed by atoms with van der Waals surface area (Å²) in [5, 5.41) is 78.5. The summed E-state index contributed by atoms with van der Waals surface area (Å²) in [5.74, 6) is 0. The van der Waals surface area contributed by atoms with Gasteiger partial charge in [-0.3, -0.25) is 0 Å². The molecular formula is C16H30O9. The molecule has 1 rings (SSSR count). The van der Waals surface area contributed by atoms with Gasteiger partial charge in [-0.25, -0.2) is 0 Å². The molecule has 0 aromatic carbocycles. The van der Waals surface area contributed by atoms with Gasteiger partial charge in [-0.1, -0.05) is 6.58 Å². The first-order valence-electron chi connectivity index (χ1n) is 8.16. The Kier molecular flexibility index (Phi) is 7.94. The Labute approximate surface area is 146 Å². The van der Waals surface area contributed by atoms with Crippen LogP contribution in [0.3, 0.4) is 0 Å². The zero-order valence-corrected chi connectivity index (χ0v) is 14.4. The van der Waals surface area contributed by atoms with Crippen LogP contribution in [0.4, 0.5) is 0 Å². The predicted octanol–water partition coefficient (Wildman–Crippen LogP) is -2.98. The second-order valence-electron chi connectivity index (χ2n) is 7.10. The number of ether oxygens (including phenoxy) is 1. The molecule has 1 saturated heterocycles. The predicted molar refractivity (Wildman–Crippen MR) is 86.5 cm³/mol. The molecule has 0 aromatic heterocycles. The molecule has 1 heterocycles. The molecule has 4 unspecified atom stereocenters. The molecule has 0 saturated carbocycles. The third kappa shape index (κ3) is 5.43. The maximum Gasteiger partial charge on any atom is 0.115 e. The Morgan fingerprint density at radius 2 is 1.64 bits per heavy atom. The van der Waals surface area contributed by atoms with E-state index >= 15 is 0 Å². The summed E-state index contributed by atoms with van der Waals surface area (Å²) in [6.45, 7) is 5.83. The van der Waals surface area contributed by atoms with Crippen molar-refractivity contribution in [2.24, 2.45) is 0 Å². The highest BCUT2D eigenvalue weighted by atomic mass is 16.6. The number of aliphatic hydroxyl groups is 8. The SMILES string of the molecule is C=C(CCC(O)C(C)(C)O)C(O)C(O)C1O[C@H](CO)[C@@H](O)[C@H](O)[C@H]1O. The molecular weight excluding hydrogens is 336 g/mol. The highest BCUT2D eigenvalue weighted by molar-refractivity contribution is 5.09. The van der Waals surface area contributed by atoms with E-state index in [0.29, 0.717) is 0 Å². The number of aliphatic hydroxyl groups excluding tert-OH is 7. The normalized spacial score (nSPS) is 34.4. The maximum absolute atomic E-state index is 10.2. The van der Waals surface area contributed by atoms with Crippen LogP contribution in [0, 0.1) is 0 Å². The Hall–Kier alpha value is -0.620. The molecule has 8 atom stereocenters. The summed E-state index contributed by atoms with van der Waals surface area (Å²) in [6.07, 6.45) is -11.7. The summed E-state index contributed by atoms with van der Waals surface area (Å²) in [6, 6.07) is 0. The Morgan fingerprint density at radius 3 is 2.12 bits per heavy atom. The van der Waals surface area contributed by atoms with Gasteiger partial charge in [-0.15, -0.1) is 0 Å². The molecule has 148 valence electrons. The first-order chi connectivity index (χ1) is 11.4. The van der Waals surface area contributed by atoms with Crippen molar-refractivity contribution in [3.63, 3.8) is 0 Å². The van der Waals surface area contributed by atoms with E-state index in [0.717, 1.165) is 0 Å². The molecule has 0 aliphatic carbocycles. The lowest BCUT2D eigenvalue weighted by Gasteiger charge is -2.42. The Bertz CT molecular complexity index is 434. The van der Waals surface area contributed by atoms with Crippen LogP contribution < -0.4 is 0 Å². The van der Waals surface area contributed by atoms with Gasteiger partial charge >= 0.3 is 0 Å². The fourth-order valence-corrected chi connectivity index (χ4v) is 2.66. The molecule has 8 N–H and O–H groups in total. The van der Waals surface area contributed by atoms with E-state index in [1.807, 2.05) is 0 Å². The largest absolute Gasteiger partial charge is 0.394 e. The van der Waals surface area contributed by atoms with Gasteiger partial charge < -0.3 is 45.6 Å². The van der Waals surface area contributed by atoms with E-state index in [2.05, 4.69) is 6.58 Å². The van der Waals surface area contributed by atoms with Crippen LogP contribution in [-0.4, -0.2) is 102 Å². The van der Waals surface area contributed by atoms with Gasteiger partial charge in [-0.2, -0.15) is 0 Å². The molecule has 0 radical (unpaired) electrons. The van der Waals surface area contributed by atoms with E-state index in [4.69, 9.17) is 9.84 Å². The van der Waals surface area contributed by atoms with Gasteiger partial charge in [0.15, 0.2) is 0 Å². The molecule has 25 heavy (non-hydrogen) atoms. The van der Waals surface area contributed by atoms with Gasteiger partial charge in [0.25, 0.3) is 0 Å². The fourth-order valence-electron chi connectivity index (χ4n) is 2.66. The van der Waals surface area contributed by atoms with Crippen LogP contribution in [0.2, 0.25) is 0 Å². The minimum Gasteiger partial charge on any atom is -0.394 e. The van der Waals surface area contributed by atoms with E-state index < -0.39 is 61.0 Å². The van der Waals surface area contributed by atoms with Gasteiger partial charge in [0, 0.05) is 0 Å². The lowest BCUT2D eigenvalue weighted by molar-refractivity contribution is -0.255. The van der Waals surface area contributed by atoms with Gasteiger partial charge in [0.1, 0.15) is 42.7 Å². The van der Waals surface area contributed by atoms with Crippen LogP contribution in [0.5, 0.6) is 0 Å². The zero-order valence-electron chi connectivity index (χ0n) is 14.4. The van der Waals surface area contributed by atoms with Crippen LogP contribution >= 0.6 is 0 Å². The quantitative estimate of drug-likeness (QED) is 0.209. The highest BCUT2D eigenvalue weighted by Crippen LogP contribution is 2.27. The van der Waals surface area contributed by atoms with Crippen LogP contribution in [0.25, 0.3) is 0 Å². The third-order valence-electron chi connectivity index (χ3n) is 4.56. The van der Waals surface area contributed by atoms with Crippen LogP contribution in [0.1, 0.15) is 26.7 Å².